The Kier molecular flexibility index (Phi) is 4.19. The zero-order valence-corrected chi connectivity index (χ0v) is 25.0. The summed E-state index contributed by atoms with van der Waals surface area (Å²) in [5, 5.41) is 6.14. The van der Waals surface area contributed by atoms with Gasteiger partial charge in [-0.15, -0.1) is 0 Å². The first-order valence-electron chi connectivity index (χ1n) is 19.5. The maximum atomic E-state index is 9.44. The predicted octanol–water partition coefficient (Wildman–Crippen LogP) is 13.2. The highest BCUT2D eigenvalue weighted by molar-refractivity contribution is 6.23. The summed E-state index contributed by atoms with van der Waals surface area (Å²) in [4.78, 5) is 0. The second-order valence-corrected chi connectivity index (χ2v) is 11.8. The van der Waals surface area contributed by atoms with Crippen LogP contribution >= 0.6 is 0 Å². The van der Waals surface area contributed by atoms with Crippen molar-refractivity contribution < 1.29 is 15.4 Å². The fraction of sp³-hybridized carbons (Fsp3) is 0. The van der Waals surface area contributed by atoms with Crippen molar-refractivity contribution in [2.45, 2.75) is 0 Å². The van der Waals surface area contributed by atoms with E-state index in [0.717, 1.165) is 43.4 Å². The van der Waals surface area contributed by atoms with Crippen molar-refractivity contribution in [1.82, 2.24) is 0 Å². The van der Waals surface area contributed by atoms with Crippen molar-refractivity contribution in [2.75, 3.05) is 0 Å². The van der Waals surface area contributed by atoms with Crippen molar-refractivity contribution in [3.63, 3.8) is 0 Å². The molecule has 0 aliphatic rings. The lowest BCUT2D eigenvalue weighted by molar-refractivity contribution is 0.672. The van der Waals surface area contributed by atoms with E-state index in [-0.39, 0.29) is 45.7 Å². The maximum absolute atomic E-state index is 9.44. The van der Waals surface area contributed by atoms with Gasteiger partial charge in [0.25, 0.3) is 0 Å². The van der Waals surface area contributed by atoms with Gasteiger partial charge in [0, 0.05) is 16.2 Å². The van der Waals surface area contributed by atoms with Crippen LogP contribution in [0, 0.1) is 0 Å². The fourth-order valence-electron chi connectivity index (χ4n) is 7.17. The van der Waals surface area contributed by atoms with E-state index in [9.17, 15) is 5.48 Å². The summed E-state index contributed by atoms with van der Waals surface area (Å²) in [7, 11) is 0. The smallest absolute Gasteiger partial charge is 0.143 e. The van der Waals surface area contributed by atoms with Crippen LogP contribution in [-0.2, 0) is 0 Å². The molecule has 1 heteroatoms. The Morgan fingerprint density at radius 1 is 0.383 bits per heavy atom. The van der Waals surface area contributed by atoms with Gasteiger partial charge < -0.3 is 4.42 Å². The molecule has 9 aromatic carbocycles. The van der Waals surface area contributed by atoms with Crippen LogP contribution in [0.15, 0.2) is 174 Å². The third-order valence-electron chi connectivity index (χ3n) is 9.26. The van der Waals surface area contributed by atoms with Gasteiger partial charge in [-0.05, 0) is 101 Å². The number of hydrogen-bond donors (Lipinski definition) is 0. The highest BCUT2D eigenvalue weighted by Crippen LogP contribution is 2.46. The zero-order valence-electron chi connectivity index (χ0n) is 33.0. The standard InChI is InChI=1S/C46H28O/c1-2-12-29(13-3-1)41-28-33(26-31-15-5-6-16-34(31)41)45-38-20-10-8-18-36(38)44(37-19-9-11-21-39(37)45)32-23-25-43-42(27-32)40-24-22-30-14-4-7-17-35(30)46(40)47-43/h1-28H/i8D,9D,10D,11D,18D,19D,20D,21D. The van der Waals surface area contributed by atoms with Gasteiger partial charge in [-0.1, -0.05) is 139 Å². The van der Waals surface area contributed by atoms with E-state index in [0.29, 0.717) is 33.4 Å². The molecule has 0 spiro atoms. The van der Waals surface area contributed by atoms with Crippen molar-refractivity contribution >= 4 is 65.0 Å². The van der Waals surface area contributed by atoms with Gasteiger partial charge >= 0.3 is 0 Å². The summed E-state index contributed by atoms with van der Waals surface area (Å²) < 4.78 is 79.6. The van der Waals surface area contributed by atoms with Gasteiger partial charge in [0.2, 0.25) is 0 Å². The van der Waals surface area contributed by atoms with Crippen molar-refractivity contribution in [1.29, 1.82) is 0 Å². The van der Waals surface area contributed by atoms with Crippen molar-refractivity contribution in [3.8, 4) is 33.4 Å². The van der Waals surface area contributed by atoms with Gasteiger partial charge in [0.05, 0.1) is 11.0 Å². The van der Waals surface area contributed by atoms with Crippen LogP contribution in [0.2, 0.25) is 0 Å². The number of fused-ring (bicyclic) bond motifs is 8. The first-order chi connectivity index (χ1) is 26.6. The SMILES string of the molecule is [2H]c1c([2H])c([2H])c2c(-c3ccc4oc5c6ccccc6ccc5c4c3)c3c([2H])c([2H])c([2H])c([2H])c3c(-c3cc(-c4ccccc4)c4ccccc4c3)c2c1[2H]. The average Bonchev–Trinajstić information content (AvgIpc) is 3.60. The van der Waals surface area contributed by atoms with Gasteiger partial charge in [0.1, 0.15) is 11.2 Å². The van der Waals surface area contributed by atoms with Crippen molar-refractivity contribution in [3.05, 3.63) is 170 Å². The van der Waals surface area contributed by atoms with E-state index in [1.165, 1.54) is 0 Å². The van der Waals surface area contributed by atoms with Crippen LogP contribution in [0.4, 0.5) is 0 Å². The molecule has 0 bridgehead atoms. The van der Waals surface area contributed by atoms with Crippen LogP contribution in [0.3, 0.4) is 0 Å². The van der Waals surface area contributed by atoms with Gasteiger partial charge in [0.15, 0.2) is 0 Å². The Morgan fingerprint density at radius 2 is 1.00 bits per heavy atom. The molecule has 0 saturated carbocycles. The molecule has 1 aromatic heterocycles. The molecule has 0 unspecified atom stereocenters. The molecule has 218 valence electrons. The van der Waals surface area contributed by atoms with Crippen LogP contribution in [0.25, 0.3) is 98.4 Å². The number of benzene rings is 9. The molecular weight excluding hydrogens is 569 g/mol. The monoisotopic (exact) mass is 604 g/mol. The number of hydrogen-bond acceptors (Lipinski definition) is 1. The Hall–Kier alpha value is -6.18. The van der Waals surface area contributed by atoms with Gasteiger partial charge in [-0.25, -0.2) is 0 Å². The molecule has 1 nitrogen and oxygen atoms in total. The second kappa shape index (κ2) is 10.2. The summed E-state index contributed by atoms with van der Waals surface area (Å²) in [6.45, 7) is 0. The molecule has 0 aliphatic heterocycles. The minimum atomic E-state index is -0.435. The van der Waals surface area contributed by atoms with Crippen LogP contribution in [0.1, 0.15) is 11.0 Å². The Morgan fingerprint density at radius 3 is 1.72 bits per heavy atom. The molecule has 1 heterocycles. The zero-order chi connectivity index (χ0) is 37.9. The first kappa shape index (κ1) is 19.4. The van der Waals surface area contributed by atoms with Gasteiger partial charge in [-0.2, -0.15) is 0 Å². The largest absolute Gasteiger partial charge is 0.455 e. The summed E-state index contributed by atoms with van der Waals surface area (Å²) in [5.74, 6) is 0. The van der Waals surface area contributed by atoms with E-state index >= 15 is 0 Å². The molecule has 0 atom stereocenters. The van der Waals surface area contributed by atoms with Gasteiger partial charge in [-0.3, -0.25) is 0 Å². The van der Waals surface area contributed by atoms with E-state index in [1.54, 1.807) is 6.07 Å². The van der Waals surface area contributed by atoms with E-state index in [1.807, 2.05) is 115 Å². The van der Waals surface area contributed by atoms with Crippen LogP contribution < -0.4 is 0 Å². The average molecular weight is 605 g/mol. The lowest BCUT2D eigenvalue weighted by Gasteiger charge is -2.19. The molecule has 0 saturated heterocycles. The van der Waals surface area contributed by atoms with Crippen LogP contribution in [0.5, 0.6) is 0 Å². The Bertz CT molecular complexity index is 3220. The lowest BCUT2D eigenvalue weighted by atomic mass is 9.84. The molecular formula is C46H28O. The summed E-state index contributed by atoms with van der Waals surface area (Å²) in [6, 6.07) is 36.2. The Labute approximate surface area is 283 Å². The maximum Gasteiger partial charge on any atom is 0.143 e. The molecule has 0 amide bonds. The minimum Gasteiger partial charge on any atom is -0.455 e. The van der Waals surface area contributed by atoms with Crippen LogP contribution in [-0.4, -0.2) is 0 Å². The molecule has 0 fully saturated rings. The number of rotatable bonds is 3. The lowest BCUT2D eigenvalue weighted by Crippen LogP contribution is -1.92. The first-order valence-corrected chi connectivity index (χ1v) is 15.5. The molecule has 0 aliphatic carbocycles. The summed E-state index contributed by atoms with van der Waals surface area (Å²) >= 11 is 0. The van der Waals surface area contributed by atoms with E-state index in [4.69, 9.17) is 9.90 Å². The molecule has 10 rings (SSSR count). The predicted molar refractivity (Wildman–Crippen MR) is 200 cm³/mol. The second-order valence-electron chi connectivity index (χ2n) is 11.8. The normalized spacial score (nSPS) is 14.2. The fourth-order valence-corrected chi connectivity index (χ4v) is 7.17. The third kappa shape index (κ3) is 3.97. The highest BCUT2D eigenvalue weighted by Gasteiger charge is 2.19. The molecule has 0 radical (unpaired) electrons. The molecule has 10 aromatic rings. The van der Waals surface area contributed by atoms with Crippen molar-refractivity contribution in [2.24, 2.45) is 0 Å². The highest BCUT2D eigenvalue weighted by atomic mass is 16.3. The number of furan rings is 1. The topological polar surface area (TPSA) is 13.1 Å². The molecule has 0 N–H and O–H groups in total. The summed E-state index contributed by atoms with van der Waals surface area (Å²) in [5.41, 5.74) is 4.86. The molecule has 47 heavy (non-hydrogen) atoms. The minimum absolute atomic E-state index is 0.172. The summed E-state index contributed by atoms with van der Waals surface area (Å²) in [6.07, 6.45) is 0. The van der Waals surface area contributed by atoms with E-state index < -0.39 is 24.2 Å². The Balaban J connectivity index is 1.42. The third-order valence-corrected chi connectivity index (χ3v) is 9.26. The van der Waals surface area contributed by atoms with E-state index in [2.05, 4.69) is 0 Å². The quantitative estimate of drug-likeness (QED) is 0.183.